The van der Waals surface area contributed by atoms with Crippen molar-refractivity contribution in [2.45, 2.75) is 12.6 Å². The van der Waals surface area contributed by atoms with Crippen LogP contribution in [0.5, 0.6) is 5.75 Å². The highest BCUT2D eigenvalue weighted by atomic mass is 19.4. The van der Waals surface area contributed by atoms with Crippen molar-refractivity contribution < 1.29 is 27.4 Å². The summed E-state index contributed by atoms with van der Waals surface area (Å²) < 4.78 is 48.1. The SMILES string of the molecule is O=C(OC1=C(Cc2ccccc2)COc2ccccc21)C(F)(F)F. The van der Waals surface area contributed by atoms with Gasteiger partial charge >= 0.3 is 12.1 Å². The minimum Gasteiger partial charge on any atom is -0.488 e. The van der Waals surface area contributed by atoms with Crippen molar-refractivity contribution in [3.63, 3.8) is 0 Å². The zero-order valence-corrected chi connectivity index (χ0v) is 12.5. The molecule has 0 saturated heterocycles. The van der Waals surface area contributed by atoms with Crippen molar-refractivity contribution in [2.75, 3.05) is 6.61 Å². The Kier molecular flexibility index (Phi) is 4.29. The molecule has 3 rings (SSSR count). The minimum absolute atomic E-state index is 0.0619. The molecule has 0 amide bonds. The first-order valence-corrected chi connectivity index (χ1v) is 7.22. The number of ether oxygens (including phenoxy) is 2. The predicted octanol–water partition coefficient (Wildman–Crippen LogP) is 4.14. The lowest BCUT2D eigenvalue weighted by Gasteiger charge is -2.23. The molecule has 0 fully saturated rings. The molecular formula is C18H13F3O3. The van der Waals surface area contributed by atoms with Gasteiger partial charge in [-0.2, -0.15) is 13.2 Å². The number of para-hydroxylation sites is 1. The van der Waals surface area contributed by atoms with E-state index in [9.17, 15) is 18.0 Å². The van der Waals surface area contributed by atoms with Gasteiger partial charge < -0.3 is 9.47 Å². The number of carbonyl (C=O) groups excluding carboxylic acids is 1. The number of esters is 1. The van der Waals surface area contributed by atoms with Crippen LogP contribution in [0.2, 0.25) is 0 Å². The Labute approximate surface area is 136 Å². The largest absolute Gasteiger partial charge is 0.491 e. The number of hydrogen-bond acceptors (Lipinski definition) is 3. The van der Waals surface area contributed by atoms with E-state index < -0.39 is 12.1 Å². The number of carbonyl (C=O) groups is 1. The Bertz CT molecular complexity index is 780. The first kappa shape index (κ1) is 16.1. The Balaban J connectivity index is 2.00. The van der Waals surface area contributed by atoms with E-state index in [1.54, 1.807) is 24.3 Å². The molecule has 0 N–H and O–H groups in total. The maximum atomic E-state index is 12.6. The molecule has 0 bridgehead atoms. The molecule has 0 radical (unpaired) electrons. The van der Waals surface area contributed by atoms with Crippen molar-refractivity contribution in [1.82, 2.24) is 0 Å². The van der Waals surface area contributed by atoms with Gasteiger partial charge in [-0.25, -0.2) is 4.79 Å². The predicted molar refractivity (Wildman–Crippen MR) is 81.2 cm³/mol. The van der Waals surface area contributed by atoms with Gasteiger partial charge in [0.05, 0.1) is 5.56 Å². The maximum absolute atomic E-state index is 12.6. The molecule has 0 saturated carbocycles. The average Bonchev–Trinajstić information content (AvgIpc) is 2.57. The molecule has 0 unspecified atom stereocenters. The fourth-order valence-electron chi connectivity index (χ4n) is 2.45. The highest BCUT2D eigenvalue weighted by molar-refractivity contribution is 5.84. The zero-order valence-electron chi connectivity index (χ0n) is 12.5. The van der Waals surface area contributed by atoms with Crippen LogP contribution in [-0.4, -0.2) is 18.8 Å². The number of benzene rings is 2. The lowest BCUT2D eigenvalue weighted by Crippen LogP contribution is -2.26. The molecule has 0 spiro atoms. The summed E-state index contributed by atoms with van der Waals surface area (Å²) in [7, 11) is 0. The number of hydrogen-bond donors (Lipinski definition) is 0. The van der Waals surface area contributed by atoms with Gasteiger partial charge in [0.25, 0.3) is 0 Å². The van der Waals surface area contributed by atoms with Gasteiger partial charge in [-0.15, -0.1) is 0 Å². The van der Waals surface area contributed by atoms with Gasteiger partial charge in [-0.3, -0.25) is 0 Å². The van der Waals surface area contributed by atoms with Crippen LogP contribution in [-0.2, 0) is 16.0 Å². The highest BCUT2D eigenvalue weighted by Gasteiger charge is 2.42. The Morgan fingerprint density at radius 2 is 1.71 bits per heavy atom. The standard InChI is InChI=1S/C18H13F3O3/c19-18(20,21)17(22)24-16-13(10-12-6-2-1-3-7-12)11-23-15-9-5-4-8-14(15)16/h1-9H,10-11H2. The summed E-state index contributed by atoms with van der Waals surface area (Å²) >= 11 is 0. The molecule has 1 aliphatic heterocycles. The van der Waals surface area contributed by atoms with Gasteiger partial charge in [0.15, 0.2) is 0 Å². The van der Waals surface area contributed by atoms with Crippen molar-refractivity contribution in [1.29, 1.82) is 0 Å². The Hall–Kier alpha value is -2.76. The molecule has 0 aliphatic carbocycles. The number of fused-ring (bicyclic) bond motifs is 1. The summed E-state index contributed by atoms with van der Waals surface area (Å²) in [6, 6.07) is 15.7. The smallest absolute Gasteiger partial charge is 0.488 e. The van der Waals surface area contributed by atoms with Crippen LogP contribution in [0.15, 0.2) is 60.2 Å². The monoisotopic (exact) mass is 334 g/mol. The van der Waals surface area contributed by atoms with Crippen LogP contribution in [0.4, 0.5) is 13.2 Å². The van der Waals surface area contributed by atoms with Crippen molar-refractivity contribution in [2.24, 2.45) is 0 Å². The van der Waals surface area contributed by atoms with E-state index in [0.29, 0.717) is 23.3 Å². The molecule has 2 aromatic rings. The maximum Gasteiger partial charge on any atom is 0.491 e. The van der Waals surface area contributed by atoms with Crippen molar-refractivity contribution >= 4 is 11.7 Å². The summed E-state index contributed by atoms with van der Waals surface area (Å²) in [5, 5.41) is 0. The van der Waals surface area contributed by atoms with Crippen LogP contribution in [0, 0.1) is 0 Å². The highest BCUT2D eigenvalue weighted by Crippen LogP contribution is 2.36. The van der Waals surface area contributed by atoms with E-state index in [-0.39, 0.29) is 12.4 Å². The summed E-state index contributed by atoms with van der Waals surface area (Å²) in [4.78, 5) is 11.3. The van der Waals surface area contributed by atoms with Crippen LogP contribution < -0.4 is 4.74 Å². The van der Waals surface area contributed by atoms with E-state index in [0.717, 1.165) is 5.56 Å². The van der Waals surface area contributed by atoms with E-state index in [2.05, 4.69) is 0 Å². The summed E-state index contributed by atoms with van der Waals surface area (Å²) in [6.07, 6.45) is -4.73. The average molecular weight is 334 g/mol. The van der Waals surface area contributed by atoms with Crippen LogP contribution in [0.25, 0.3) is 5.76 Å². The van der Waals surface area contributed by atoms with Gasteiger partial charge in [0, 0.05) is 12.0 Å². The Morgan fingerprint density at radius 1 is 1.04 bits per heavy atom. The lowest BCUT2D eigenvalue weighted by atomic mass is 9.99. The fraction of sp³-hybridized carbons (Fsp3) is 0.167. The third-order valence-corrected chi connectivity index (χ3v) is 3.54. The second kappa shape index (κ2) is 6.39. The second-order valence-corrected chi connectivity index (χ2v) is 5.27. The van der Waals surface area contributed by atoms with Gasteiger partial charge in [0.2, 0.25) is 0 Å². The summed E-state index contributed by atoms with van der Waals surface area (Å²) in [6.45, 7) is 0.0619. The second-order valence-electron chi connectivity index (χ2n) is 5.27. The van der Waals surface area contributed by atoms with Crippen molar-refractivity contribution in [3.05, 3.63) is 71.3 Å². The van der Waals surface area contributed by atoms with Crippen LogP contribution >= 0.6 is 0 Å². The molecule has 2 aromatic carbocycles. The molecule has 3 nitrogen and oxygen atoms in total. The van der Waals surface area contributed by atoms with E-state index >= 15 is 0 Å². The first-order valence-electron chi connectivity index (χ1n) is 7.22. The van der Waals surface area contributed by atoms with Gasteiger partial charge in [-0.05, 0) is 17.7 Å². The Morgan fingerprint density at radius 3 is 2.42 bits per heavy atom. The van der Waals surface area contributed by atoms with Gasteiger partial charge in [-0.1, -0.05) is 42.5 Å². The normalized spacial score (nSPS) is 14.0. The lowest BCUT2D eigenvalue weighted by molar-refractivity contribution is -0.192. The molecule has 0 atom stereocenters. The summed E-state index contributed by atoms with van der Waals surface area (Å²) in [5.74, 6) is -1.93. The van der Waals surface area contributed by atoms with Crippen LogP contribution in [0.1, 0.15) is 11.1 Å². The van der Waals surface area contributed by atoms with Crippen molar-refractivity contribution in [3.8, 4) is 5.75 Å². The zero-order chi connectivity index (χ0) is 17.2. The molecule has 124 valence electrons. The molecule has 24 heavy (non-hydrogen) atoms. The van der Waals surface area contributed by atoms with E-state index in [1.165, 1.54) is 0 Å². The molecule has 1 heterocycles. The summed E-state index contributed by atoms with van der Waals surface area (Å²) in [5.41, 5.74) is 1.71. The molecule has 6 heteroatoms. The third-order valence-electron chi connectivity index (χ3n) is 3.54. The van der Waals surface area contributed by atoms with Gasteiger partial charge in [0.1, 0.15) is 18.1 Å². The number of halogens is 3. The van der Waals surface area contributed by atoms with Crippen LogP contribution in [0.3, 0.4) is 0 Å². The minimum atomic E-state index is -5.06. The molecule has 1 aliphatic rings. The molecular weight excluding hydrogens is 321 g/mol. The number of rotatable bonds is 3. The third kappa shape index (κ3) is 3.42. The topological polar surface area (TPSA) is 35.5 Å². The van der Waals surface area contributed by atoms with E-state index in [1.807, 2.05) is 30.3 Å². The fourth-order valence-corrected chi connectivity index (χ4v) is 2.45. The molecule has 0 aromatic heterocycles. The quantitative estimate of drug-likeness (QED) is 0.792. The number of alkyl halides is 3. The van der Waals surface area contributed by atoms with E-state index in [4.69, 9.17) is 9.47 Å². The first-order chi connectivity index (χ1) is 11.4.